The van der Waals surface area contributed by atoms with E-state index in [9.17, 15) is 14.7 Å². The molecule has 1 amide bonds. The fraction of sp³-hybridized carbons (Fsp3) is 0.0800. The molecular weight excluding hydrogens is 461 g/mol. The molecule has 1 aromatic heterocycles. The molecule has 1 saturated heterocycles. The Morgan fingerprint density at radius 1 is 1.09 bits per heavy atom. The van der Waals surface area contributed by atoms with Crippen LogP contribution in [0.1, 0.15) is 5.56 Å². The fourth-order valence-electron chi connectivity index (χ4n) is 3.74. The largest absolute Gasteiger partial charge is 1.00 e. The maximum Gasteiger partial charge on any atom is 1.00 e. The number of rotatable bonds is 5. The normalized spacial score (nSPS) is 15.6. The number of amides is 1. The Balaban J connectivity index is 0.00000274. The number of aliphatic imine (C=N–C) groups is 1. The van der Waals surface area contributed by atoms with Crippen molar-refractivity contribution in [3.63, 3.8) is 0 Å². The minimum Gasteiger partial charge on any atom is -0.548 e. The maximum absolute atomic E-state index is 12.5. The summed E-state index contributed by atoms with van der Waals surface area (Å²) in [6, 6.07) is 19.1. The van der Waals surface area contributed by atoms with Gasteiger partial charge in [-0.25, -0.2) is 4.99 Å². The summed E-state index contributed by atoms with van der Waals surface area (Å²) in [7, 11) is 1.64. The molecule has 0 saturated carbocycles. The molecule has 4 aromatic rings. The Morgan fingerprint density at radius 2 is 1.88 bits per heavy atom. The molecule has 34 heavy (non-hydrogen) atoms. The number of methoxy groups -OCH3 is 1. The van der Waals surface area contributed by atoms with E-state index in [0.29, 0.717) is 15.8 Å². The fourth-order valence-corrected chi connectivity index (χ4v) is 4.58. The summed E-state index contributed by atoms with van der Waals surface area (Å²) >= 11 is 1.28. The second kappa shape index (κ2) is 10.1. The van der Waals surface area contributed by atoms with Gasteiger partial charge < -0.3 is 24.5 Å². The number of hydrogen-bond acceptors (Lipinski definition) is 6. The van der Waals surface area contributed by atoms with Gasteiger partial charge in [0.2, 0.25) is 0 Å². The van der Waals surface area contributed by atoms with Crippen LogP contribution in [0.2, 0.25) is 0 Å². The molecule has 0 bridgehead atoms. The van der Waals surface area contributed by atoms with Gasteiger partial charge in [-0.3, -0.25) is 4.79 Å². The number of benzene rings is 3. The summed E-state index contributed by atoms with van der Waals surface area (Å²) in [4.78, 5) is 28.5. The second-order valence-electron chi connectivity index (χ2n) is 7.51. The molecule has 0 radical (unpaired) electrons. The van der Waals surface area contributed by atoms with Crippen molar-refractivity contribution in [2.75, 3.05) is 7.11 Å². The third-order valence-corrected chi connectivity index (χ3v) is 6.21. The van der Waals surface area contributed by atoms with Crippen LogP contribution >= 0.6 is 11.8 Å². The minimum atomic E-state index is -1.15. The van der Waals surface area contributed by atoms with Gasteiger partial charge in [0.15, 0.2) is 5.17 Å². The van der Waals surface area contributed by atoms with E-state index in [1.54, 1.807) is 30.0 Å². The van der Waals surface area contributed by atoms with E-state index >= 15 is 0 Å². The predicted molar refractivity (Wildman–Crippen MR) is 128 cm³/mol. The third-order valence-electron chi connectivity index (χ3n) is 5.30. The summed E-state index contributed by atoms with van der Waals surface area (Å²) in [6.45, 7) is -0.209. The third kappa shape index (κ3) is 5.05. The number of carbonyl (C=O) groups is 2. The van der Waals surface area contributed by atoms with E-state index < -0.39 is 5.97 Å². The van der Waals surface area contributed by atoms with Crippen LogP contribution in [0, 0.1) is 0 Å². The molecule has 1 aliphatic rings. The number of hydrogen-bond donors (Lipinski definition) is 1. The van der Waals surface area contributed by atoms with Gasteiger partial charge in [0, 0.05) is 17.1 Å². The Labute approximate surface area is 221 Å². The Morgan fingerprint density at radius 3 is 2.68 bits per heavy atom. The first-order valence-electron chi connectivity index (χ1n) is 10.1. The first-order valence-corrected chi connectivity index (χ1v) is 11.0. The molecule has 1 N–H and O–H groups in total. The van der Waals surface area contributed by atoms with Crippen molar-refractivity contribution in [1.29, 1.82) is 0 Å². The summed E-state index contributed by atoms with van der Waals surface area (Å²) in [6.07, 6.45) is 3.54. The Hall–Kier alpha value is -3.04. The van der Waals surface area contributed by atoms with E-state index in [0.717, 1.165) is 33.0 Å². The van der Waals surface area contributed by atoms with E-state index in [4.69, 9.17) is 4.74 Å². The van der Waals surface area contributed by atoms with Crippen LogP contribution in [-0.4, -0.2) is 28.7 Å². The number of nitrogens with one attached hydrogen (secondary N) is 1. The van der Waals surface area contributed by atoms with Gasteiger partial charge >= 0.3 is 29.6 Å². The van der Waals surface area contributed by atoms with E-state index in [-0.39, 0.29) is 42.0 Å². The molecule has 0 aliphatic carbocycles. The molecule has 164 valence electrons. The first-order chi connectivity index (χ1) is 16.0. The average molecular weight is 479 g/mol. The first kappa shape index (κ1) is 24.1. The number of carboxylic acids is 1. The van der Waals surface area contributed by atoms with Gasteiger partial charge in [-0.05, 0) is 76.6 Å². The molecule has 0 atom stereocenters. The zero-order valence-electron chi connectivity index (χ0n) is 18.6. The van der Waals surface area contributed by atoms with Crippen LogP contribution in [0.3, 0.4) is 0 Å². The SMILES string of the molecule is COc1ccc2cc(C=C3SC(=Nc4ccc5c(ccn5CC(=O)[O-])c4)NC3=O)ccc2c1.[Na+]. The zero-order chi connectivity index (χ0) is 22.9. The number of thioether (sulfide) groups is 1. The number of amidine groups is 1. The second-order valence-corrected chi connectivity index (χ2v) is 8.54. The summed E-state index contributed by atoms with van der Waals surface area (Å²) in [5.41, 5.74) is 2.36. The van der Waals surface area contributed by atoms with Crippen molar-refractivity contribution in [2.45, 2.75) is 6.54 Å². The van der Waals surface area contributed by atoms with Crippen LogP contribution in [0.25, 0.3) is 27.8 Å². The summed E-state index contributed by atoms with van der Waals surface area (Å²) in [5, 5.41) is 17.2. The molecule has 1 aliphatic heterocycles. The van der Waals surface area contributed by atoms with E-state index in [1.165, 1.54) is 11.8 Å². The van der Waals surface area contributed by atoms with Crippen LogP contribution in [0.4, 0.5) is 5.69 Å². The van der Waals surface area contributed by atoms with Gasteiger partial charge in [-0.2, -0.15) is 0 Å². The van der Waals surface area contributed by atoms with E-state index in [2.05, 4.69) is 10.3 Å². The van der Waals surface area contributed by atoms with Gasteiger partial charge in [-0.15, -0.1) is 0 Å². The molecule has 0 unspecified atom stereocenters. The van der Waals surface area contributed by atoms with Gasteiger partial charge in [0.05, 0.1) is 30.2 Å². The number of aromatic nitrogens is 1. The van der Waals surface area contributed by atoms with Gasteiger partial charge in [0.25, 0.3) is 5.91 Å². The molecular formula is C25H18N3NaO4S. The minimum absolute atomic E-state index is 0. The Kier molecular flexibility index (Phi) is 7.13. The maximum atomic E-state index is 12.5. The zero-order valence-corrected chi connectivity index (χ0v) is 21.4. The smallest absolute Gasteiger partial charge is 0.548 e. The van der Waals surface area contributed by atoms with Crippen molar-refractivity contribution in [1.82, 2.24) is 9.88 Å². The summed E-state index contributed by atoms with van der Waals surface area (Å²) in [5.74, 6) is -0.545. The van der Waals surface area contributed by atoms with Crippen LogP contribution in [-0.2, 0) is 16.1 Å². The molecule has 9 heteroatoms. The number of nitrogens with zero attached hydrogens (tertiary/aromatic N) is 2. The number of fused-ring (bicyclic) bond motifs is 2. The standard InChI is InChI=1S/C25H19N3O4S.Na/c1-32-20-6-4-16-10-15(2-3-17(16)13-20)11-22-24(31)27-25(33-22)26-19-5-7-21-18(12-19)8-9-28(21)14-23(29)30;/h2-13H,14H2,1H3,(H,29,30)(H,26,27,31);/q;+1/p-1. The van der Waals surface area contributed by atoms with Gasteiger partial charge in [-0.1, -0.05) is 18.2 Å². The number of carboxylic acid groups (broad SMARTS) is 1. The van der Waals surface area contributed by atoms with Crippen LogP contribution in [0.15, 0.2) is 76.8 Å². The molecule has 3 aromatic carbocycles. The molecule has 0 spiro atoms. The molecule has 1 fully saturated rings. The van der Waals surface area contributed by atoms with Crippen molar-refractivity contribution in [3.8, 4) is 5.75 Å². The van der Waals surface area contributed by atoms with Crippen molar-refractivity contribution >= 4 is 62.2 Å². The van der Waals surface area contributed by atoms with E-state index in [1.807, 2.05) is 54.6 Å². The monoisotopic (exact) mass is 479 g/mol. The molecule has 5 rings (SSSR count). The predicted octanol–water partition coefficient (Wildman–Crippen LogP) is 0.449. The average Bonchev–Trinajstić information content (AvgIpc) is 3.35. The number of aliphatic carboxylic acids is 1. The quantitative estimate of drug-likeness (QED) is 0.331. The van der Waals surface area contributed by atoms with Crippen molar-refractivity contribution in [3.05, 3.63) is 77.3 Å². The van der Waals surface area contributed by atoms with Crippen molar-refractivity contribution in [2.24, 2.45) is 4.99 Å². The van der Waals surface area contributed by atoms with Crippen LogP contribution in [0.5, 0.6) is 5.75 Å². The van der Waals surface area contributed by atoms with Crippen molar-refractivity contribution < 1.29 is 49.0 Å². The molecule has 7 nitrogen and oxygen atoms in total. The topological polar surface area (TPSA) is 95.8 Å². The number of ether oxygens (including phenoxy) is 1. The van der Waals surface area contributed by atoms with Crippen LogP contribution < -0.4 is 44.7 Å². The number of carbonyl (C=O) groups excluding carboxylic acids is 2. The van der Waals surface area contributed by atoms with Gasteiger partial charge in [0.1, 0.15) is 5.75 Å². The Bertz CT molecular complexity index is 1490. The molecule has 2 heterocycles. The summed E-state index contributed by atoms with van der Waals surface area (Å²) < 4.78 is 6.87.